The second-order valence-electron chi connectivity index (χ2n) is 6.33. The van der Waals surface area contributed by atoms with Gasteiger partial charge in [-0.2, -0.15) is 0 Å². The highest BCUT2D eigenvalue weighted by Gasteiger charge is 2.31. The zero-order valence-electron chi connectivity index (χ0n) is 13.3. The number of benzene rings is 1. The molecule has 0 spiro atoms. The Bertz CT molecular complexity index is 555. The number of carbonyl (C=O) groups is 1. The van der Waals surface area contributed by atoms with Gasteiger partial charge in [0.25, 0.3) is 0 Å². The number of allylic oxidation sites excluding steroid dienone is 1. The molecule has 0 atom stereocenters. The van der Waals surface area contributed by atoms with E-state index in [0.29, 0.717) is 0 Å². The van der Waals surface area contributed by atoms with E-state index in [-0.39, 0.29) is 5.54 Å². The quantitative estimate of drug-likeness (QED) is 0.745. The molecule has 0 aromatic heterocycles. The number of fused-ring (bicyclic) bond motifs is 1. The van der Waals surface area contributed by atoms with E-state index < -0.39 is 0 Å². The smallest absolute Gasteiger partial charge is 0.150 e. The fraction of sp³-hybridized carbons (Fsp3) is 0.500. The van der Waals surface area contributed by atoms with Crippen LogP contribution in [0, 0.1) is 6.92 Å². The zero-order valence-corrected chi connectivity index (χ0v) is 13.3. The molecule has 1 aromatic carbocycles. The zero-order chi connectivity index (χ0) is 14.9. The Morgan fingerprint density at radius 2 is 1.95 bits per heavy atom. The third-order valence-electron chi connectivity index (χ3n) is 4.23. The molecule has 0 fully saturated rings. The van der Waals surface area contributed by atoms with E-state index in [1.54, 1.807) is 0 Å². The maximum absolute atomic E-state index is 11.2. The highest BCUT2D eigenvalue weighted by molar-refractivity contribution is 5.87. The van der Waals surface area contributed by atoms with Crippen molar-refractivity contribution in [1.29, 1.82) is 0 Å². The predicted octanol–water partition coefficient (Wildman–Crippen LogP) is 4.61. The number of rotatable bonds is 4. The van der Waals surface area contributed by atoms with Crippen LogP contribution in [0.15, 0.2) is 18.2 Å². The van der Waals surface area contributed by atoms with Crippen LogP contribution in [0.5, 0.6) is 0 Å². The third kappa shape index (κ3) is 2.52. The van der Waals surface area contributed by atoms with Crippen LogP contribution in [0.4, 0.5) is 5.69 Å². The van der Waals surface area contributed by atoms with Gasteiger partial charge in [-0.1, -0.05) is 19.4 Å². The van der Waals surface area contributed by atoms with E-state index in [0.717, 1.165) is 24.0 Å². The summed E-state index contributed by atoms with van der Waals surface area (Å²) in [6.07, 6.45) is 5.65. The molecule has 0 saturated heterocycles. The van der Waals surface area contributed by atoms with Gasteiger partial charge in [-0.15, -0.1) is 0 Å². The lowest BCUT2D eigenvalue weighted by molar-refractivity contribution is 0.112. The molecule has 1 aliphatic heterocycles. The van der Waals surface area contributed by atoms with Crippen LogP contribution in [0.25, 0.3) is 5.57 Å². The van der Waals surface area contributed by atoms with Crippen LogP contribution in [-0.4, -0.2) is 18.4 Å². The Balaban J connectivity index is 2.57. The molecule has 0 N–H and O–H groups in total. The predicted molar refractivity (Wildman–Crippen MR) is 86.6 cm³/mol. The lowest BCUT2D eigenvalue weighted by atomic mass is 9.87. The van der Waals surface area contributed by atoms with Crippen molar-refractivity contribution < 1.29 is 4.79 Å². The monoisotopic (exact) mass is 271 g/mol. The van der Waals surface area contributed by atoms with E-state index >= 15 is 0 Å². The topological polar surface area (TPSA) is 20.3 Å². The van der Waals surface area contributed by atoms with Crippen LogP contribution in [0.3, 0.4) is 0 Å². The average Bonchev–Trinajstić information content (AvgIpc) is 2.37. The molecule has 0 aliphatic carbocycles. The molecule has 2 rings (SSSR count). The summed E-state index contributed by atoms with van der Waals surface area (Å²) in [5.41, 5.74) is 5.62. The van der Waals surface area contributed by atoms with E-state index in [1.165, 1.54) is 29.7 Å². The van der Waals surface area contributed by atoms with E-state index in [4.69, 9.17) is 0 Å². The molecule has 1 aliphatic rings. The Morgan fingerprint density at radius 3 is 2.55 bits per heavy atom. The van der Waals surface area contributed by atoms with Gasteiger partial charge in [0.15, 0.2) is 0 Å². The molecule has 0 radical (unpaired) electrons. The SMILES string of the molecule is CCCCN1c2cc(C)c(C=O)cc2C(C)=CC1(C)C. The summed E-state index contributed by atoms with van der Waals surface area (Å²) in [5.74, 6) is 0. The van der Waals surface area contributed by atoms with Gasteiger partial charge in [0.05, 0.1) is 5.54 Å². The fourth-order valence-electron chi connectivity index (χ4n) is 3.10. The first-order chi connectivity index (χ1) is 9.40. The van der Waals surface area contributed by atoms with Crippen LogP contribution in [-0.2, 0) is 0 Å². The number of hydrogen-bond acceptors (Lipinski definition) is 2. The molecular weight excluding hydrogens is 246 g/mol. The first-order valence-electron chi connectivity index (χ1n) is 7.48. The molecule has 0 unspecified atom stereocenters. The summed E-state index contributed by atoms with van der Waals surface area (Å²) in [5, 5.41) is 0. The van der Waals surface area contributed by atoms with Gasteiger partial charge in [-0.25, -0.2) is 0 Å². The largest absolute Gasteiger partial charge is 0.362 e. The van der Waals surface area contributed by atoms with Crippen molar-refractivity contribution in [3.05, 3.63) is 34.9 Å². The molecule has 1 aromatic rings. The Kier molecular flexibility index (Phi) is 4.03. The highest BCUT2D eigenvalue weighted by atomic mass is 16.1. The third-order valence-corrected chi connectivity index (χ3v) is 4.23. The number of aryl methyl sites for hydroxylation is 1. The summed E-state index contributed by atoms with van der Waals surface area (Å²) >= 11 is 0. The van der Waals surface area contributed by atoms with E-state index in [9.17, 15) is 4.79 Å². The lowest BCUT2D eigenvalue weighted by Gasteiger charge is -2.43. The summed E-state index contributed by atoms with van der Waals surface area (Å²) < 4.78 is 0. The first kappa shape index (κ1) is 14.8. The molecule has 1 heterocycles. The van der Waals surface area contributed by atoms with Gasteiger partial charge >= 0.3 is 0 Å². The van der Waals surface area contributed by atoms with Gasteiger partial charge in [0.1, 0.15) is 6.29 Å². The van der Waals surface area contributed by atoms with Gasteiger partial charge in [-0.05, 0) is 57.4 Å². The van der Waals surface area contributed by atoms with Crippen LogP contribution in [0.1, 0.15) is 62.0 Å². The minimum absolute atomic E-state index is 0.0292. The maximum atomic E-state index is 11.2. The van der Waals surface area contributed by atoms with Gasteiger partial charge in [0, 0.05) is 23.4 Å². The molecular formula is C18H25NO. The van der Waals surface area contributed by atoms with Crippen molar-refractivity contribution in [2.24, 2.45) is 0 Å². The number of nitrogens with zero attached hydrogens (tertiary/aromatic N) is 1. The number of unbranched alkanes of at least 4 members (excludes halogenated alkanes) is 1. The summed E-state index contributed by atoms with van der Waals surface area (Å²) in [4.78, 5) is 13.6. The van der Waals surface area contributed by atoms with Crippen molar-refractivity contribution in [3.8, 4) is 0 Å². The van der Waals surface area contributed by atoms with E-state index in [1.807, 2.05) is 13.0 Å². The number of hydrogen-bond donors (Lipinski definition) is 0. The standard InChI is InChI=1S/C18H25NO/c1-6-7-8-19-17-9-13(2)15(12-20)10-16(17)14(3)11-18(19,4)5/h9-12H,6-8H2,1-5H3. The van der Waals surface area contributed by atoms with Crippen molar-refractivity contribution in [2.75, 3.05) is 11.4 Å². The van der Waals surface area contributed by atoms with Gasteiger partial charge in [0.2, 0.25) is 0 Å². The summed E-state index contributed by atoms with van der Waals surface area (Å²) in [6, 6.07) is 4.21. The number of anilines is 1. The Morgan fingerprint density at radius 1 is 1.25 bits per heavy atom. The fourth-order valence-corrected chi connectivity index (χ4v) is 3.10. The molecule has 0 bridgehead atoms. The number of carbonyl (C=O) groups excluding carboxylic acids is 1. The van der Waals surface area contributed by atoms with Gasteiger partial charge in [-0.3, -0.25) is 4.79 Å². The summed E-state index contributed by atoms with van der Waals surface area (Å²) in [7, 11) is 0. The van der Waals surface area contributed by atoms with Crippen molar-refractivity contribution in [3.63, 3.8) is 0 Å². The molecule has 2 heteroatoms. The molecule has 20 heavy (non-hydrogen) atoms. The lowest BCUT2D eigenvalue weighted by Crippen LogP contribution is -2.45. The van der Waals surface area contributed by atoms with Crippen molar-refractivity contribution in [2.45, 2.75) is 53.0 Å². The minimum Gasteiger partial charge on any atom is -0.362 e. The minimum atomic E-state index is 0.0292. The highest BCUT2D eigenvalue weighted by Crippen LogP contribution is 2.40. The first-order valence-corrected chi connectivity index (χ1v) is 7.48. The second kappa shape index (κ2) is 5.43. The summed E-state index contributed by atoms with van der Waals surface area (Å²) in [6.45, 7) is 12.0. The Labute approximate surface area is 122 Å². The van der Waals surface area contributed by atoms with E-state index in [2.05, 4.69) is 44.7 Å². The van der Waals surface area contributed by atoms with Crippen LogP contribution >= 0.6 is 0 Å². The average molecular weight is 271 g/mol. The molecule has 2 nitrogen and oxygen atoms in total. The molecule has 0 saturated carbocycles. The van der Waals surface area contributed by atoms with Crippen LogP contribution in [0.2, 0.25) is 0 Å². The number of aldehydes is 1. The maximum Gasteiger partial charge on any atom is 0.150 e. The van der Waals surface area contributed by atoms with Crippen molar-refractivity contribution in [1.82, 2.24) is 0 Å². The normalized spacial score (nSPS) is 16.6. The van der Waals surface area contributed by atoms with Crippen LogP contribution < -0.4 is 4.90 Å². The van der Waals surface area contributed by atoms with Crippen molar-refractivity contribution >= 4 is 17.5 Å². The molecule has 0 amide bonds. The molecule has 108 valence electrons. The second-order valence-corrected chi connectivity index (χ2v) is 6.33. The Hall–Kier alpha value is -1.57. The van der Waals surface area contributed by atoms with Gasteiger partial charge < -0.3 is 4.90 Å².